The lowest BCUT2D eigenvalue weighted by Crippen LogP contribution is -2.22. The molecule has 0 atom stereocenters. The number of para-hydroxylation sites is 1. The molecule has 0 bridgehead atoms. The van der Waals surface area contributed by atoms with Crippen LogP contribution < -0.4 is 5.56 Å². The first kappa shape index (κ1) is 17.1. The zero-order valence-electron chi connectivity index (χ0n) is 14.2. The van der Waals surface area contributed by atoms with Crippen LogP contribution in [0.3, 0.4) is 0 Å². The highest BCUT2D eigenvalue weighted by Gasteiger charge is 2.11. The fraction of sp³-hybridized carbons (Fsp3) is 0. The van der Waals surface area contributed by atoms with Crippen LogP contribution >= 0.6 is 11.6 Å². The minimum atomic E-state index is -0.193. The molecule has 0 unspecified atom stereocenters. The van der Waals surface area contributed by atoms with Crippen molar-refractivity contribution < 1.29 is 5.11 Å². The van der Waals surface area contributed by atoms with Crippen molar-refractivity contribution in [3.63, 3.8) is 0 Å². The van der Waals surface area contributed by atoms with Gasteiger partial charge in [-0.2, -0.15) is 0 Å². The van der Waals surface area contributed by atoms with Gasteiger partial charge in [0.1, 0.15) is 11.6 Å². The Labute approximate surface area is 160 Å². The quantitative estimate of drug-likeness (QED) is 0.554. The van der Waals surface area contributed by atoms with E-state index in [9.17, 15) is 9.90 Å². The summed E-state index contributed by atoms with van der Waals surface area (Å²) < 4.78 is 1.49. The molecular weight excluding hydrogens is 360 g/mol. The molecule has 1 N–H and O–H groups in total. The third-order valence-electron chi connectivity index (χ3n) is 4.18. The SMILES string of the molecule is O=c1c2ccccc2nc(C=Cc2ccc(Cl)cc2)n1-c1cccc(O)c1. The number of hydrogen-bond donors (Lipinski definition) is 1. The van der Waals surface area contributed by atoms with E-state index >= 15 is 0 Å². The molecule has 4 nitrogen and oxygen atoms in total. The maximum Gasteiger partial charge on any atom is 0.266 e. The molecule has 27 heavy (non-hydrogen) atoms. The van der Waals surface area contributed by atoms with Gasteiger partial charge in [0.25, 0.3) is 5.56 Å². The van der Waals surface area contributed by atoms with Crippen LogP contribution in [0.5, 0.6) is 5.75 Å². The van der Waals surface area contributed by atoms with Crippen molar-refractivity contribution >= 4 is 34.7 Å². The van der Waals surface area contributed by atoms with E-state index in [1.54, 1.807) is 48.5 Å². The zero-order chi connectivity index (χ0) is 18.8. The molecule has 132 valence electrons. The van der Waals surface area contributed by atoms with Gasteiger partial charge in [-0.15, -0.1) is 0 Å². The molecule has 5 heteroatoms. The lowest BCUT2D eigenvalue weighted by Gasteiger charge is -2.11. The second-order valence-electron chi connectivity index (χ2n) is 6.03. The molecular formula is C22H15ClN2O2. The molecule has 0 amide bonds. The molecule has 0 radical (unpaired) electrons. The molecule has 4 aromatic rings. The van der Waals surface area contributed by atoms with Gasteiger partial charge >= 0.3 is 0 Å². The number of phenols is 1. The predicted molar refractivity (Wildman–Crippen MR) is 109 cm³/mol. The van der Waals surface area contributed by atoms with E-state index < -0.39 is 0 Å². The van der Waals surface area contributed by atoms with E-state index in [1.807, 2.05) is 30.3 Å². The third kappa shape index (κ3) is 3.48. The van der Waals surface area contributed by atoms with Gasteiger partial charge in [0, 0.05) is 11.1 Å². The Kier molecular flexibility index (Phi) is 4.48. The van der Waals surface area contributed by atoms with Crippen molar-refractivity contribution in [3.8, 4) is 11.4 Å². The Morgan fingerprint density at radius 2 is 1.70 bits per heavy atom. The summed E-state index contributed by atoms with van der Waals surface area (Å²) in [6.07, 6.45) is 3.65. The van der Waals surface area contributed by atoms with Gasteiger partial charge in [0.15, 0.2) is 0 Å². The summed E-state index contributed by atoms with van der Waals surface area (Å²) in [5.41, 5.74) is 1.91. The number of halogens is 1. The van der Waals surface area contributed by atoms with Crippen molar-refractivity contribution in [3.05, 3.63) is 99.6 Å². The van der Waals surface area contributed by atoms with E-state index in [-0.39, 0.29) is 11.3 Å². The van der Waals surface area contributed by atoms with Crippen LogP contribution in [0, 0.1) is 0 Å². The van der Waals surface area contributed by atoms with Crippen molar-refractivity contribution in [2.45, 2.75) is 0 Å². The molecule has 0 aliphatic heterocycles. The number of hydrogen-bond acceptors (Lipinski definition) is 3. The average Bonchev–Trinajstić information content (AvgIpc) is 2.68. The Morgan fingerprint density at radius 1 is 0.926 bits per heavy atom. The number of fused-ring (bicyclic) bond motifs is 1. The Morgan fingerprint density at radius 3 is 2.48 bits per heavy atom. The predicted octanol–water partition coefficient (Wildman–Crippen LogP) is 4.92. The van der Waals surface area contributed by atoms with Crippen LogP contribution in [0.2, 0.25) is 5.02 Å². The second-order valence-corrected chi connectivity index (χ2v) is 6.47. The summed E-state index contributed by atoms with van der Waals surface area (Å²) in [4.78, 5) is 17.8. The molecule has 0 saturated carbocycles. The van der Waals surface area contributed by atoms with Gasteiger partial charge in [-0.1, -0.05) is 48.0 Å². The topological polar surface area (TPSA) is 55.1 Å². The Balaban J connectivity index is 1.93. The molecule has 1 heterocycles. The van der Waals surface area contributed by atoms with Crippen LogP contribution in [0.25, 0.3) is 28.7 Å². The van der Waals surface area contributed by atoms with Crippen LogP contribution in [0.15, 0.2) is 77.6 Å². The van der Waals surface area contributed by atoms with Gasteiger partial charge in [-0.3, -0.25) is 9.36 Å². The lowest BCUT2D eigenvalue weighted by atomic mass is 10.2. The first-order valence-electron chi connectivity index (χ1n) is 8.37. The number of rotatable bonds is 3. The van der Waals surface area contributed by atoms with Crippen LogP contribution in [0.1, 0.15) is 11.4 Å². The van der Waals surface area contributed by atoms with E-state index in [2.05, 4.69) is 4.98 Å². The highest BCUT2D eigenvalue weighted by molar-refractivity contribution is 6.30. The highest BCUT2D eigenvalue weighted by atomic mass is 35.5. The number of aromatic hydroxyl groups is 1. The summed E-state index contributed by atoms with van der Waals surface area (Å²) in [7, 11) is 0. The van der Waals surface area contributed by atoms with Gasteiger partial charge in [-0.05, 0) is 48.0 Å². The maximum atomic E-state index is 13.1. The molecule has 3 aromatic carbocycles. The van der Waals surface area contributed by atoms with Gasteiger partial charge < -0.3 is 5.11 Å². The second kappa shape index (κ2) is 7.09. The van der Waals surface area contributed by atoms with Crippen LogP contribution in [-0.2, 0) is 0 Å². The number of aromatic nitrogens is 2. The van der Waals surface area contributed by atoms with E-state index in [4.69, 9.17) is 11.6 Å². The Hall–Kier alpha value is -3.37. The molecule has 0 spiro atoms. The van der Waals surface area contributed by atoms with E-state index in [1.165, 1.54) is 10.6 Å². The van der Waals surface area contributed by atoms with Crippen molar-refractivity contribution in [1.29, 1.82) is 0 Å². The molecule has 1 aromatic heterocycles. The van der Waals surface area contributed by atoms with Crippen molar-refractivity contribution in [2.24, 2.45) is 0 Å². The average molecular weight is 375 g/mol. The first-order chi connectivity index (χ1) is 13.1. The maximum absolute atomic E-state index is 13.1. The third-order valence-corrected chi connectivity index (χ3v) is 4.44. The van der Waals surface area contributed by atoms with Crippen molar-refractivity contribution in [1.82, 2.24) is 9.55 Å². The standard InChI is InChI=1S/C22H15ClN2O2/c23-16-11-8-15(9-12-16)10-13-21-24-20-7-2-1-6-19(20)22(27)25(21)17-4-3-5-18(26)14-17/h1-14,26H. The highest BCUT2D eigenvalue weighted by Crippen LogP contribution is 2.19. The molecule has 4 rings (SSSR count). The number of nitrogens with zero attached hydrogens (tertiary/aromatic N) is 2. The minimum absolute atomic E-state index is 0.0835. The summed E-state index contributed by atoms with van der Waals surface area (Å²) >= 11 is 5.93. The summed E-state index contributed by atoms with van der Waals surface area (Å²) in [5, 5.41) is 11.0. The first-order valence-corrected chi connectivity index (χ1v) is 8.74. The van der Waals surface area contributed by atoms with Crippen LogP contribution in [-0.4, -0.2) is 14.7 Å². The van der Waals surface area contributed by atoms with Gasteiger partial charge in [-0.25, -0.2) is 4.98 Å². The monoisotopic (exact) mass is 374 g/mol. The van der Waals surface area contributed by atoms with E-state index in [0.717, 1.165) is 5.56 Å². The Bertz CT molecular complexity index is 1210. The smallest absolute Gasteiger partial charge is 0.266 e. The van der Waals surface area contributed by atoms with Gasteiger partial charge in [0.2, 0.25) is 0 Å². The number of phenolic OH excluding ortho intramolecular Hbond substituents is 1. The van der Waals surface area contributed by atoms with Crippen LogP contribution in [0.4, 0.5) is 0 Å². The van der Waals surface area contributed by atoms with E-state index in [0.29, 0.717) is 27.4 Å². The molecule has 0 aliphatic rings. The molecule has 0 aliphatic carbocycles. The summed E-state index contributed by atoms with van der Waals surface area (Å²) in [5.74, 6) is 0.555. The normalized spacial score (nSPS) is 11.3. The minimum Gasteiger partial charge on any atom is -0.508 e. The fourth-order valence-electron chi connectivity index (χ4n) is 2.89. The molecule has 0 fully saturated rings. The zero-order valence-corrected chi connectivity index (χ0v) is 15.0. The van der Waals surface area contributed by atoms with Crippen molar-refractivity contribution in [2.75, 3.05) is 0 Å². The van der Waals surface area contributed by atoms with Gasteiger partial charge in [0.05, 0.1) is 16.6 Å². The fourth-order valence-corrected chi connectivity index (χ4v) is 3.01. The molecule has 0 saturated heterocycles. The largest absolute Gasteiger partial charge is 0.508 e. The number of benzene rings is 3. The lowest BCUT2D eigenvalue weighted by molar-refractivity contribution is 0.475. The summed E-state index contributed by atoms with van der Waals surface area (Å²) in [6.45, 7) is 0. The summed E-state index contributed by atoms with van der Waals surface area (Å²) in [6, 6.07) is 21.1.